The zero-order valence-corrected chi connectivity index (χ0v) is 16.3. The standard InChI is InChI=1S/C20H24N2O4S/c1-15-11-13-22(14-12-15)20(23)16-7-9-17(10-8-16)27(24,25)21-18-5-3-4-6-19(18)26-2/h3-10,15,21H,11-14H2,1-2H3. The van der Waals surface area contributed by atoms with E-state index >= 15 is 0 Å². The van der Waals surface area contributed by atoms with Crippen molar-refractivity contribution in [2.45, 2.75) is 24.7 Å². The molecule has 1 aliphatic rings. The predicted molar refractivity (Wildman–Crippen MR) is 105 cm³/mol. The van der Waals surface area contributed by atoms with Crippen LogP contribution in [0, 0.1) is 5.92 Å². The smallest absolute Gasteiger partial charge is 0.262 e. The molecule has 1 amide bonds. The van der Waals surface area contributed by atoms with E-state index in [9.17, 15) is 13.2 Å². The Morgan fingerprint density at radius 3 is 2.33 bits per heavy atom. The van der Waals surface area contributed by atoms with E-state index in [1.54, 1.807) is 36.4 Å². The number of hydrogen-bond acceptors (Lipinski definition) is 4. The van der Waals surface area contributed by atoms with Crippen molar-refractivity contribution in [1.82, 2.24) is 4.90 Å². The highest BCUT2D eigenvalue weighted by Gasteiger charge is 2.22. The summed E-state index contributed by atoms with van der Waals surface area (Å²) < 4.78 is 33.0. The van der Waals surface area contributed by atoms with Gasteiger partial charge < -0.3 is 9.64 Å². The Hall–Kier alpha value is -2.54. The number of hydrogen-bond donors (Lipinski definition) is 1. The number of amides is 1. The molecule has 0 bridgehead atoms. The second-order valence-corrected chi connectivity index (χ2v) is 8.49. The number of anilines is 1. The maximum absolute atomic E-state index is 12.6. The molecule has 0 spiro atoms. The molecule has 0 aliphatic carbocycles. The van der Waals surface area contributed by atoms with Crippen LogP contribution in [0.4, 0.5) is 5.69 Å². The van der Waals surface area contributed by atoms with Crippen LogP contribution < -0.4 is 9.46 Å². The molecule has 0 aromatic heterocycles. The van der Waals surface area contributed by atoms with Gasteiger partial charge in [-0.3, -0.25) is 9.52 Å². The SMILES string of the molecule is COc1ccccc1NS(=O)(=O)c1ccc(C(=O)N2CCC(C)CC2)cc1. The molecule has 7 heteroatoms. The van der Waals surface area contributed by atoms with E-state index in [0.29, 0.717) is 22.9 Å². The van der Waals surface area contributed by atoms with Gasteiger partial charge in [0.05, 0.1) is 17.7 Å². The van der Waals surface area contributed by atoms with Gasteiger partial charge in [0.15, 0.2) is 0 Å². The number of carbonyl (C=O) groups excluding carboxylic acids is 1. The van der Waals surface area contributed by atoms with Crippen LogP contribution in [0.25, 0.3) is 0 Å². The summed E-state index contributed by atoms with van der Waals surface area (Å²) in [6.45, 7) is 3.68. The van der Waals surface area contributed by atoms with Gasteiger partial charge in [-0.2, -0.15) is 0 Å². The first-order valence-corrected chi connectivity index (χ1v) is 10.4. The second-order valence-electron chi connectivity index (χ2n) is 6.80. The third kappa shape index (κ3) is 4.42. The first-order chi connectivity index (χ1) is 12.9. The first-order valence-electron chi connectivity index (χ1n) is 8.96. The van der Waals surface area contributed by atoms with Crippen molar-refractivity contribution in [2.24, 2.45) is 5.92 Å². The summed E-state index contributed by atoms with van der Waals surface area (Å²) in [4.78, 5) is 14.5. The third-order valence-corrected chi connectivity index (χ3v) is 6.22. The highest BCUT2D eigenvalue weighted by molar-refractivity contribution is 7.92. The number of nitrogens with zero attached hydrogens (tertiary/aromatic N) is 1. The van der Waals surface area contributed by atoms with Gasteiger partial charge in [0, 0.05) is 18.7 Å². The normalized spacial score (nSPS) is 15.4. The van der Waals surface area contributed by atoms with E-state index in [2.05, 4.69) is 11.6 Å². The molecule has 144 valence electrons. The summed E-state index contributed by atoms with van der Waals surface area (Å²) in [5, 5.41) is 0. The number of rotatable bonds is 5. The molecule has 0 atom stereocenters. The van der Waals surface area contributed by atoms with Crippen LogP contribution >= 0.6 is 0 Å². The van der Waals surface area contributed by atoms with E-state index in [0.717, 1.165) is 25.9 Å². The zero-order valence-electron chi connectivity index (χ0n) is 15.5. The number of ether oxygens (including phenoxy) is 1. The number of piperidine rings is 1. The fourth-order valence-electron chi connectivity index (χ4n) is 3.10. The molecule has 3 rings (SSSR count). The van der Waals surface area contributed by atoms with Gasteiger partial charge in [-0.15, -0.1) is 0 Å². The third-order valence-electron chi connectivity index (χ3n) is 4.83. The Kier molecular flexibility index (Phi) is 5.70. The molecule has 1 aliphatic heterocycles. The maximum Gasteiger partial charge on any atom is 0.262 e. The fourth-order valence-corrected chi connectivity index (χ4v) is 4.17. The molecular formula is C20H24N2O4S. The molecule has 6 nitrogen and oxygen atoms in total. The quantitative estimate of drug-likeness (QED) is 0.852. The second kappa shape index (κ2) is 8.00. The molecule has 2 aromatic carbocycles. The Bertz CT molecular complexity index is 902. The van der Waals surface area contributed by atoms with Gasteiger partial charge in [-0.1, -0.05) is 19.1 Å². The lowest BCUT2D eigenvalue weighted by Crippen LogP contribution is -2.37. The van der Waals surface area contributed by atoms with Crippen LogP contribution in [0.15, 0.2) is 53.4 Å². The van der Waals surface area contributed by atoms with E-state index in [4.69, 9.17) is 4.74 Å². The summed E-state index contributed by atoms with van der Waals surface area (Å²) in [6.07, 6.45) is 2.00. The van der Waals surface area contributed by atoms with Crippen LogP contribution in [0.5, 0.6) is 5.75 Å². The minimum atomic E-state index is -3.78. The lowest BCUT2D eigenvalue weighted by molar-refractivity contribution is 0.0697. The molecular weight excluding hydrogens is 364 g/mol. The van der Waals surface area contributed by atoms with Crippen LogP contribution in [-0.2, 0) is 10.0 Å². The summed E-state index contributed by atoms with van der Waals surface area (Å²) in [5.41, 5.74) is 0.864. The lowest BCUT2D eigenvalue weighted by atomic mass is 9.98. The molecule has 0 saturated carbocycles. The van der Waals surface area contributed by atoms with Crippen LogP contribution in [-0.4, -0.2) is 39.4 Å². The summed E-state index contributed by atoms with van der Waals surface area (Å²) in [7, 11) is -2.29. The van der Waals surface area contributed by atoms with Crippen LogP contribution in [0.2, 0.25) is 0 Å². The van der Waals surface area contributed by atoms with Gasteiger partial charge in [0.1, 0.15) is 5.75 Å². The molecule has 1 N–H and O–H groups in total. The van der Waals surface area contributed by atoms with E-state index in [1.807, 2.05) is 4.90 Å². The predicted octanol–water partition coefficient (Wildman–Crippen LogP) is 3.37. The number of para-hydroxylation sites is 2. The van der Waals surface area contributed by atoms with Gasteiger partial charge in [-0.05, 0) is 55.2 Å². The Balaban J connectivity index is 1.75. The van der Waals surface area contributed by atoms with Crippen molar-refractivity contribution in [3.8, 4) is 5.75 Å². The number of likely N-dealkylation sites (tertiary alicyclic amines) is 1. The number of nitrogens with one attached hydrogen (secondary N) is 1. The van der Waals surface area contributed by atoms with Gasteiger partial charge in [-0.25, -0.2) is 8.42 Å². The average Bonchev–Trinajstić information content (AvgIpc) is 2.68. The molecule has 1 saturated heterocycles. The number of carbonyl (C=O) groups is 1. The van der Waals surface area contributed by atoms with Crippen molar-refractivity contribution in [2.75, 3.05) is 24.9 Å². The van der Waals surface area contributed by atoms with Gasteiger partial charge in [0.2, 0.25) is 0 Å². The van der Waals surface area contributed by atoms with Crippen LogP contribution in [0.3, 0.4) is 0 Å². The molecule has 0 radical (unpaired) electrons. The average molecular weight is 388 g/mol. The van der Waals surface area contributed by atoms with Crippen molar-refractivity contribution < 1.29 is 17.9 Å². The first kappa shape index (κ1) is 19.2. The maximum atomic E-state index is 12.6. The summed E-state index contributed by atoms with van der Waals surface area (Å²) in [5.74, 6) is 1.03. The summed E-state index contributed by atoms with van der Waals surface area (Å²) in [6, 6.07) is 12.8. The number of benzene rings is 2. The number of methoxy groups -OCH3 is 1. The molecule has 1 fully saturated rings. The number of sulfonamides is 1. The minimum Gasteiger partial charge on any atom is -0.495 e. The minimum absolute atomic E-state index is 0.0523. The van der Waals surface area contributed by atoms with Crippen molar-refractivity contribution in [3.63, 3.8) is 0 Å². The Morgan fingerprint density at radius 1 is 1.07 bits per heavy atom. The largest absolute Gasteiger partial charge is 0.495 e. The fraction of sp³-hybridized carbons (Fsp3) is 0.350. The topological polar surface area (TPSA) is 75.7 Å². The van der Waals surface area contributed by atoms with Crippen LogP contribution in [0.1, 0.15) is 30.1 Å². The Labute approximate surface area is 160 Å². The zero-order chi connectivity index (χ0) is 19.4. The van der Waals surface area contributed by atoms with Crippen molar-refractivity contribution in [3.05, 3.63) is 54.1 Å². The van der Waals surface area contributed by atoms with Crippen molar-refractivity contribution in [1.29, 1.82) is 0 Å². The molecule has 0 unspecified atom stereocenters. The van der Waals surface area contributed by atoms with Gasteiger partial charge >= 0.3 is 0 Å². The highest BCUT2D eigenvalue weighted by atomic mass is 32.2. The van der Waals surface area contributed by atoms with Crippen molar-refractivity contribution >= 4 is 21.6 Å². The van der Waals surface area contributed by atoms with E-state index in [-0.39, 0.29) is 10.8 Å². The lowest BCUT2D eigenvalue weighted by Gasteiger charge is -2.30. The molecule has 1 heterocycles. The molecule has 27 heavy (non-hydrogen) atoms. The highest BCUT2D eigenvalue weighted by Crippen LogP contribution is 2.26. The van der Waals surface area contributed by atoms with E-state index in [1.165, 1.54) is 19.2 Å². The monoisotopic (exact) mass is 388 g/mol. The van der Waals surface area contributed by atoms with E-state index < -0.39 is 10.0 Å². The Morgan fingerprint density at radius 2 is 1.70 bits per heavy atom. The van der Waals surface area contributed by atoms with Gasteiger partial charge in [0.25, 0.3) is 15.9 Å². The summed E-state index contributed by atoms with van der Waals surface area (Å²) >= 11 is 0. The molecule has 2 aromatic rings.